The van der Waals surface area contributed by atoms with E-state index in [4.69, 9.17) is 23.2 Å². The topological polar surface area (TPSA) is 37.3 Å². The molecule has 2 aromatic rings. The maximum absolute atomic E-state index is 13.7. The SMILES string of the molecule is O=C(O)C(Cc1ccccc1F)Cc1c(Cl)cccc1Cl. The van der Waals surface area contributed by atoms with E-state index in [9.17, 15) is 14.3 Å². The van der Waals surface area contributed by atoms with Crippen LogP contribution in [-0.4, -0.2) is 11.1 Å². The summed E-state index contributed by atoms with van der Waals surface area (Å²) in [6.45, 7) is 0. The Kier molecular flexibility index (Phi) is 5.21. The molecule has 2 rings (SSSR count). The summed E-state index contributed by atoms with van der Waals surface area (Å²) in [7, 11) is 0. The molecular weight excluding hydrogens is 314 g/mol. The van der Waals surface area contributed by atoms with Gasteiger partial charge in [0.25, 0.3) is 0 Å². The monoisotopic (exact) mass is 326 g/mol. The van der Waals surface area contributed by atoms with Gasteiger partial charge in [-0.1, -0.05) is 47.5 Å². The molecule has 5 heteroatoms. The summed E-state index contributed by atoms with van der Waals surface area (Å²) in [4.78, 5) is 11.4. The highest BCUT2D eigenvalue weighted by atomic mass is 35.5. The van der Waals surface area contributed by atoms with Crippen LogP contribution >= 0.6 is 23.2 Å². The van der Waals surface area contributed by atoms with Gasteiger partial charge < -0.3 is 5.11 Å². The molecule has 0 radical (unpaired) electrons. The van der Waals surface area contributed by atoms with Gasteiger partial charge in [0.2, 0.25) is 0 Å². The number of carbonyl (C=O) groups is 1. The van der Waals surface area contributed by atoms with Crippen molar-refractivity contribution in [1.29, 1.82) is 0 Å². The van der Waals surface area contributed by atoms with Gasteiger partial charge >= 0.3 is 5.97 Å². The highest BCUT2D eigenvalue weighted by Crippen LogP contribution is 2.28. The summed E-state index contributed by atoms with van der Waals surface area (Å²) in [5.41, 5.74) is 0.942. The Morgan fingerprint density at radius 2 is 1.67 bits per heavy atom. The van der Waals surface area contributed by atoms with E-state index < -0.39 is 17.7 Å². The van der Waals surface area contributed by atoms with Crippen LogP contribution in [0.15, 0.2) is 42.5 Å². The number of hydrogen-bond donors (Lipinski definition) is 1. The summed E-state index contributed by atoms with van der Waals surface area (Å²) in [5.74, 6) is -2.21. The molecule has 1 N–H and O–H groups in total. The number of aliphatic carboxylic acids is 1. The first-order valence-corrected chi connectivity index (χ1v) is 7.13. The minimum Gasteiger partial charge on any atom is -0.481 e. The minimum atomic E-state index is -1.01. The number of rotatable bonds is 5. The average Bonchev–Trinajstić information content (AvgIpc) is 2.43. The molecule has 21 heavy (non-hydrogen) atoms. The molecule has 0 fully saturated rings. The van der Waals surface area contributed by atoms with Crippen LogP contribution in [-0.2, 0) is 17.6 Å². The van der Waals surface area contributed by atoms with Gasteiger partial charge in [0.05, 0.1) is 5.92 Å². The molecule has 0 bridgehead atoms. The molecule has 0 aliphatic heterocycles. The van der Waals surface area contributed by atoms with Crippen LogP contribution in [0, 0.1) is 11.7 Å². The molecule has 1 unspecified atom stereocenters. The largest absolute Gasteiger partial charge is 0.481 e. The van der Waals surface area contributed by atoms with E-state index in [2.05, 4.69) is 0 Å². The molecule has 0 saturated heterocycles. The van der Waals surface area contributed by atoms with Crippen molar-refractivity contribution in [2.24, 2.45) is 5.92 Å². The fourth-order valence-electron chi connectivity index (χ4n) is 2.15. The maximum Gasteiger partial charge on any atom is 0.307 e. The van der Waals surface area contributed by atoms with Crippen molar-refractivity contribution in [2.75, 3.05) is 0 Å². The Labute approximate surface area is 132 Å². The summed E-state index contributed by atoms with van der Waals surface area (Å²) in [6, 6.07) is 11.2. The van der Waals surface area contributed by atoms with Crippen LogP contribution in [0.25, 0.3) is 0 Å². The highest BCUT2D eigenvalue weighted by Gasteiger charge is 2.22. The molecule has 0 aliphatic rings. The van der Waals surface area contributed by atoms with E-state index in [1.807, 2.05) is 0 Å². The second-order valence-corrected chi connectivity index (χ2v) is 5.55. The fourth-order valence-corrected chi connectivity index (χ4v) is 2.70. The molecule has 0 heterocycles. The average molecular weight is 327 g/mol. The number of benzene rings is 2. The van der Waals surface area contributed by atoms with Gasteiger partial charge in [-0.25, -0.2) is 4.39 Å². The van der Waals surface area contributed by atoms with Crippen molar-refractivity contribution >= 4 is 29.2 Å². The van der Waals surface area contributed by atoms with Gasteiger partial charge in [0, 0.05) is 10.0 Å². The Morgan fingerprint density at radius 3 is 2.24 bits per heavy atom. The standard InChI is InChI=1S/C16H13Cl2FO2/c17-13-5-3-6-14(18)12(13)9-11(16(20)21)8-10-4-1-2-7-15(10)19/h1-7,11H,8-9H2,(H,20,21). The predicted molar refractivity (Wildman–Crippen MR) is 81.4 cm³/mol. The molecule has 0 aliphatic carbocycles. The van der Waals surface area contributed by atoms with Gasteiger partial charge in [-0.3, -0.25) is 4.79 Å². The third kappa shape index (κ3) is 3.96. The van der Waals surface area contributed by atoms with Gasteiger partial charge in [-0.05, 0) is 42.2 Å². The summed E-state index contributed by atoms with van der Waals surface area (Å²) >= 11 is 12.1. The van der Waals surface area contributed by atoms with E-state index in [-0.39, 0.29) is 12.8 Å². The third-order valence-electron chi connectivity index (χ3n) is 3.29. The normalized spacial score (nSPS) is 12.1. The maximum atomic E-state index is 13.7. The van der Waals surface area contributed by atoms with Crippen molar-refractivity contribution in [1.82, 2.24) is 0 Å². The third-order valence-corrected chi connectivity index (χ3v) is 3.99. The smallest absolute Gasteiger partial charge is 0.307 e. The zero-order chi connectivity index (χ0) is 15.4. The molecule has 0 aromatic heterocycles. The minimum absolute atomic E-state index is 0.0869. The fraction of sp³-hybridized carbons (Fsp3) is 0.188. The van der Waals surface area contributed by atoms with Crippen LogP contribution in [0.2, 0.25) is 10.0 Å². The first kappa shape index (κ1) is 15.8. The number of halogens is 3. The van der Waals surface area contributed by atoms with E-state index in [0.717, 1.165) is 0 Å². The summed E-state index contributed by atoms with van der Waals surface area (Å²) < 4.78 is 13.7. The lowest BCUT2D eigenvalue weighted by Gasteiger charge is -2.15. The van der Waals surface area contributed by atoms with Crippen molar-refractivity contribution in [3.8, 4) is 0 Å². The Balaban J connectivity index is 2.25. The second kappa shape index (κ2) is 6.92. The zero-order valence-electron chi connectivity index (χ0n) is 11.0. The zero-order valence-corrected chi connectivity index (χ0v) is 12.5. The van der Waals surface area contributed by atoms with Crippen LogP contribution in [0.3, 0.4) is 0 Å². The quantitative estimate of drug-likeness (QED) is 0.870. The van der Waals surface area contributed by atoms with Crippen LogP contribution in [0.4, 0.5) is 4.39 Å². The molecular formula is C16H13Cl2FO2. The Hall–Kier alpha value is -1.58. The van der Waals surface area contributed by atoms with Gasteiger partial charge in [0.1, 0.15) is 5.82 Å². The second-order valence-electron chi connectivity index (χ2n) is 4.74. The Morgan fingerprint density at radius 1 is 1.05 bits per heavy atom. The van der Waals surface area contributed by atoms with Crippen LogP contribution in [0.1, 0.15) is 11.1 Å². The van der Waals surface area contributed by atoms with E-state index in [0.29, 0.717) is 21.2 Å². The van der Waals surface area contributed by atoms with Crippen molar-refractivity contribution < 1.29 is 14.3 Å². The molecule has 0 spiro atoms. The lowest BCUT2D eigenvalue weighted by Crippen LogP contribution is -2.20. The van der Waals surface area contributed by atoms with E-state index >= 15 is 0 Å². The summed E-state index contributed by atoms with van der Waals surface area (Å²) in [5, 5.41) is 10.2. The van der Waals surface area contributed by atoms with Crippen molar-refractivity contribution in [3.05, 3.63) is 69.5 Å². The van der Waals surface area contributed by atoms with Crippen LogP contribution in [0.5, 0.6) is 0 Å². The van der Waals surface area contributed by atoms with Crippen molar-refractivity contribution in [2.45, 2.75) is 12.8 Å². The van der Waals surface area contributed by atoms with Gasteiger partial charge in [0.15, 0.2) is 0 Å². The molecule has 2 nitrogen and oxygen atoms in total. The van der Waals surface area contributed by atoms with Crippen molar-refractivity contribution in [3.63, 3.8) is 0 Å². The predicted octanol–water partition coefficient (Wildman–Crippen LogP) is 4.62. The lowest BCUT2D eigenvalue weighted by atomic mass is 9.92. The van der Waals surface area contributed by atoms with Gasteiger partial charge in [-0.2, -0.15) is 0 Å². The Bertz CT molecular complexity index is 638. The molecule has 110 valence electrons. The number of hydrogen-bond acceptors (Lipinski definition) is 1. The lowest BCUT2D eigenvalue weighted by molar-refractivity contribution is -0.141. The van der Waals surface area contributed by atoms with E-state index in [1.54, 1.807) is 36.4 Å². The van der Waals surface area contributed by atoms with Crippen LogP contribution < -0.4 is 0 Å². The first-order valence-electron chi connectivity index (χ1n) is 6.38. The molecule has 2 aromatic carbocycles. The first-order chi connectivity index (χ1) is 9.99. The highest BCUT2D eigenvalue weighted by molar-refractivity contribution is 6.36. The van der Waals surface area contributed by atoms with E-state index in [1.165, 1.54) is 6.07 Å². The molecule has 1 atom stereocenters. The molecule has 0 amide bonds. The molecule has 0 saturated carbocycles. The number of carboxylic acids is 1. The summed E-state index contributed by atoms with van der Waals surface area (Å²) in [6.07, 6.45) is 0.242. The van der Waals surface area contributed by atoms with Gasteiger partial charge in [-0.15, -0.1) is 0 Å². The number of carboxylic acid groups (broad SMARTS) is 1.